The first-order valence-corrected chi connectivity index (χ1v) is 6.60. The van der Waals surface area contributed by atoms with Crippen LogP contribution >= 0.6 is 7.60 Å². The van der Waals surface area contributed by atoms with E-state index in [1.54, 1.807) is 0 Å². The average molecular weight is 236 g/mol. The number of carboxylic acids is 1. The molecule has 0 saturated heterocycles. The summed E-state index contributed by atoms with van der Waals surface area (Å²) in [6, 6.07) is 0. The third-order valence-electron chi connectivity index (χ3n) is 1.90. The second-order valence-electron chi connectivity index (χ2n) is 3.36. The van der Waals surface area contributed by atoms with Gasteiger partial charge in [-0.25, -0.2) is 0 Å². The zero-order chi connectivity index (χ0) is 11.9. The zero-order valence-corrected chi connectivity index (χ0v) is 9.56. The minimum Gasteiger partial charge on any atom is -0.481 e. The average Bonchev–Trinajstić information content (AvgIpc) is 2.08. The molecule has 0 saturated carbocycles. The molecule has 0 aliphatic rings. The number of hydrogen-bond donors (Lipinski definition) is 3. The van der Waals surface area contributed by atoms with Gasteiger partial charge in [0.25, 0.3) is 0 Å². The molecule has 15 heavy (non-hydrogen) atoms. The number of unbranched alkanes of at least 4 members (excludes halogenated alkanes) is 1. The van der Waals surface area contributed by atoms with Crippen LogP contribution < -0.4 is 0 Å². The summed E-state index contributed by atoms with van der Waals surface area (Å²) in [5, 5.41) is 8.78. The first-order chi connectivity index (χ1) is 6.87. The molecule has 0 radical (unpaired) electrons. The lowest BCUT2D eigenvalue weighted by molar-refractivity contribution is -0.140. The highest BCUT2D eigenvalue weighted by molar-refractivity contribution is 7.51. The van der Waals surface area contributed by atoms with E-state index in [1.807, 2.05) is 6.92 Å². The minimum absolute atomic E-state index is 0.400. The number of allylic oxidation sites excluding steroid dienone is 1. The van der Waals surface area contributed by atoms with Gasteiger partial charge in [-0.15, -0.1) is 0 Å². The predicted octanol–water partition coefficient (Wildman–Crippen LogP) is 1.61. The fourth-order valence-corrected chi connectivity index (χ4v) is 1.48. The fraction of sp³-hybridized carbons (Fsp3) is 0.667. The number of hydrogen-bond acceptors (Lipinski definition) is 2. The van der Waals surface area contributed by atoms with Gasteiger partial charge >= 0.3 is 13.6 Å². The molecule has 0 aliphatic heterocycles. The van der Waals surface area contributed by atoms with E-state index >= 15 is 0 Å². The van der Waals surface area contributed by atoms with E-state index in [0.29, 0.717) is 6.42 Å². The van der Waals surface area contributed by atoms with Crippen LogP contribution in [0.3, 0.4) is 0 Å². The summed E-state index contributed by atoms with van der Waals surface area (Å²) < 4.78 is 10.5. The Bertz CT molecular complexity index is 268. The molecule has 0 aromatic rings. The standard InChI is InChI=1S/C9H17O5P/c1-2-3-5-8(9(10)11)6-4-7-15(12,13)14/h4,6,8H,2-3,5,7H2,1H3,(H,10,11)(H2,12,13,14). The van der Waals surface area contributed by atoms with Crippen LogP contribution in [-0.2, 0) is 9.36 Å². The van der Waals surface area contributed by atoms with E-state index in [2.05, 4.69) is 0 Å². The van der Waals surface area contributed by atoms with Gasteiger partial charge < -0.3 is 14.9 Å². The molecule has 0 fully saturated rings. The molecule has 0 aromatic carbocycles. The Morgan fingerprint density at radius 3 is 2.47 bits per heavy atom. The van der Waals surface area contributed by atoms with Crippen molar-refractivity contribution in [2.24, 2.45) is 5.92 Å². The van der Waals surface area contributed by atoms with Crippen molar-refractivity contribution in [1.82, 2.24) is 0 Å². The van der Waals surface area contributed by atoms with Crippen LogP contribution in [0, 0.1) is 5.92 Å². The van der Waals surface area contributed by atoms with Gasteiger partial charge in [-0.3, -0.25) is 9.36 Å². The number of aliphatic carboxylic acids is 1. The van der Waals surface area contributed by atoms with E-state index in [0.717, 1.165) is 12.8 Å². The SMILES string of the molecule is CCCCC(C=CCP(=O)(O)O)C(=O)O. The number of rotatable bonds is 7. The van der Waals surface area contributed by atoms with Crippen LogP contribution in [0.1, 0.15) is 26.2 Å². The Hall–Kier alpha value is -0.640. The minimum atomic E-state index is -4.06. The summed E-state index contributed by atoms with van der Waals surface area (Å²) >= 11 is 0. The highest BCUT2D eigenvalue weighted by Gasteiger charge is 2.14. The summed E-state index contributed by atoms with van der Waals surface area (Å²) in [7, 11) is -4.06. The molecule has 0 spiro atoms. The molecule has 0 bridgehead atoms. The maximum absolute atomic E-state index is 10.7. The Morgan fingerprint density at radius 1 is 1.47 bits per heavy atom. The lowest BCUT2D eigenvalue weighted by Crippen LogP contribution is -2.10. The lowest BCUT2D eigenvalue weighted by Gasteiger charge is -2.06. The van der Waals surface area contributed by atoms with Crippen molar-refractivity contribution >= 4 is 13.6 Å². The highest BCUT2D eigenvalue weighted by atomic mass is 31.2. The molecule has 0 rings (SSSR count). The molecule has 0 amide bonds. The first-order valence-electron chi connectivity index (χ1n) is 4.81. The number of carboxylic acid groups (broad SMARTS) is 1. The molecule has 88 valence electrons. The molecule has 5 nitrogen and oxygen atoms in total. The van der Waals surface area contributed by atoms with Gasteiger partial charge in [0.05, 0.1) is 12.1 Å². The molecule has 1 unspecified atom stereocenters. The van der Waals surface area contributed by atoms with Crippen molar-refractivity contribution in [3.05, 3.63) is 12.2 Å². The van der Waals surface area contributed by atoms with Crippen LogP contribution in [0.15, 0.2) is 12.2 Å². The first kappa shape index (κ1) is 14.4. The van der Waals surface area contributed by atoms with Gasteiger partial charge in [-0.2, -0.15) is 0 Å². The maximum atomic E-state index is 10.7. The molecular formula is C9H17O5P. The molecule has 3 N–H and O–H groups in total. The van der Waals surface area contributed by atoms with E-state index in [-0.39, 0.29) is 0 Å². The Kier molecular flexibility index (Phi) is 6.48. The third kappa shape index (κ3) is 8.36. The molecule has 0 aliphatic carbocycles. The van der Waals surface area contributed by atoms with Crippen molar-refractivity contribution in [2.75, 3.05) is 6.16 Å². The zero-order valence-electron chi connectivity index (χ0n) is 8.67. The summed E-state index contributed by atoms with van der Waals surface area (Å²) in [6.07, 6.45) is 4.39. The summed E-state index contributed by atoms with van der Waals surface area (Å²) in [5.41, 5.74) is 0. The molecule has 0 aromatic heterocycles. The second-order valence-corrected chi connectivity index (χ2v) is 5.06. The normalized spacial score (nSPS) is 14.3. The quantitative estimate of drug-likeness (QED) is 0.461. The monoisotopic (exact) mass is 236 g/mol. The van der Waals surface area contributed by atoms with Crippen molar-refractivity contribution in [1.29, 1.82) is 0 Å². The van der Waals surface area contributed by atoms with Crippen LogP contribution in [-0.4, -0.2) is 27.0 Å². The summed E-state index contributed by atoms with van der Waals surface area (Å²) in [5.74, 6) is -1.60. The van der Waals surface area contributed by atoms with Crippen LogP contribution in [0.5, 0.6) is 0 Å². The van der Waals surface area contributed by atoms with Gasteiger partial charge in [0, 0.05) is 0 Å². The van der Waals surface area contributed by atoms with Crippen LogP contribution in [0.2, 0.25) is 0 Å². The molecule has 0 heterocycles. The van der Waals surface area contributed by atoms with Gasteiger partial charge in [0.2, 0.25) is 0 Å². The maximum Gasteiger partial charge on any atom is 0.329 e. The molecular weight excluding hydrogens is 219 g/mol. The Labute approximate surface area is 89.0 Å². The van der Waals surface area contributed by atoms with E-state index in [1.165, 1.54) is 12.2 Å². The van der Waals surface area contributed by atoms with E-state index in [9.17, 15) is 9.36 Å². The van der Waals surface area contributed by atoms with E-state index < -0.39 is 25.6 Å². The molecule has 6 heteroatoms. The largest absolute Gasteiger partial charge is 0.481 e. The predicted molar refractivity (Wildman–Crippen MR) is 56.7 cm³/mol. The van der Waals surface area contributed by atoms with Gasteiger partial charge in [0.15, 0.2) is 0 Å². The van der Waals surface area contributed by atoms with Crippen molar-refractivity contribution in [2.45, 2.75) is 26.2 Å². The van der Waals surface area contributed by atoms with Gasteiger partial charge in [0.1, 0.15) is 0 Å². The van der Waals surface area contributed by atoms with Crippen LogP contribution in [0.4, 0.5) is 0 Å². The topological polar surface area (TPSA) is 94.8 Å². The van der Waals surface area contributed by atoms with E-state index in [4.69, 9.17) is 14.9 Å². The second kappa shape index (κ2) is 6.77. The smallest absolute Gasteiger partial charge is 0.329 e. The number of carbonyl (C=O) groups is 1. The van der Waals surface area contributed by atoms with Crippen molar-refractivity contribution in [3.63, 3.8) is 0 Å². The Balaban J connectivity index is 4.16. The lowest BCUT2D eigenvalue weighted by atomic mass is 10.0. The molecule has 1 atom stereocenters. The summed E-state index contributed by atoms with van der Waals surface area (Å²) in [4.78, 5) is 27.8. The third-order valence-corrected chi connectivity index (χ3v) is 2.58. The summed E-state index contributed by atoms with van der Waals surface area (Å²) in [6.45, 7) is 1.96. The van der Waals surface area contributed by atoms with Crippen LogP contribution in [0.25, 0.3) is 0 Å². The highest BCUT2D eigenvalue weighted by Crippen LogP contribution is 2.34. The Morgan fingerprint density at radius 2 is 2.07 bits per heavy atom. The van der Waals surface area contributed by atoms with Gasteiger partial charge in [-0.05, 0) is 6.42 Å². The van der Waals surface area contributed by atoms with Crippen molar-refractivity contribution in [3.8, 4) is 0 Å². The van der Waals surface area contributed by atoms with Gasteiger partial charge in [-0.1, -0.05) is 31.9 Å². The fourth-order valence-electron chi connectivity index (χ4n) is 1.09. The van der Waals surface area contributed by atoms with Crippen molar-refractivity contribution < 1.29 is 24.3 Å².